The summed E-state index contributed by atoms with van der Waals surface area (Å²) in [4.78, 5) is 48.5. The Bertz CT molecular complexity index is 1420. The van der Waals surface area contributed by atoms with Gasteiger partial charge in [0.25, 0.3) is 11.5 Å². The fourth-order valence-electron chi connectivity index (χ4n) is 4.03. The predicted octanol–water partition coefficient (Wildman–Crippen LogP) is 2.15. The first-order valence-electron chi connectivity index (χ1n) is 9.77. The van der Waals surface area contributed by atoms with Gasteiger partial charge < -0.3 is 20.6 Å². The van der Waals surface area contributed by atoms with Gasteiger partial charge in [0.1, 0.15) is 5.69 Å². The van der Waals surface area contributed by atoms with E-state index in [9.17, 15) is 19.7 Å². The molecule has 4 aromatic rings. The lowest BCUT2D eigenvalue weighted by Crippen LogP contribution is -2.31. The third-order valence-corrected chi connectivity index (χ3v) is 5.55. The summed E-state index contributed by atoms with van der Waals surface area (Å²) in [5.74, 6) is -0.228. The number of nitrogens with two attached hydrogens (primary N) is 1. The van der Waals surface area contributed by atoms with Gasteiger partial charge in [0.05, 0.1) is 26.9 Å². The molecule has 1 unspecified atom stereocenters. The Morgan fingerprint density at radius 3 is 2.74 bits per heavy atom. The highest BCUT2D eigenvalue weighted by Gasteiger charge is 2.29. The van der Waals surface area contributed by atoms with Crippen LogP contribution >= 0.6 is 0 Å². The van der Waals surface area contributed by atoms with Crippen molar-refractivity contribution in [3.63, 3.8) is 0 Å². The molecule has 0 radical (unpaired) electrons. The quantitative estimate of drug-likeness (QED) is 0.342. The van der Waals surface area contributed by atoms with E-state index < -0.39 is 10.5 Å². The van der Waals surface area contributed by atoms with Gasteiger partial charge in [-0.2, -0.15) is 0 Å². The number of nitro groups is 1. The molecule has 0 spiro atoms. The maximum atomic E-state index is 12.8. The zero-order valence-electron chi connectivity index (χ0n) is 16.3. The van der Waals surface area contributed by atoms with E-state index in [2.05, 4.69) is 15.0 Å². The molecule has 1 saturated heterocycles. The monoisotopic (exact) mass is 418 g/mol. The minimum absolute atomic E-state index is 0.000188. The van der Waals surface area contributed by atoms with E-state index in [1.165, 1.54) is 6.07 Å². The Kier molecular flexibility index (Phi) is 4.29. The van der Waals surface area contributed by atoms with Gasteiger partial charge in [-0.15, -0.1) is 0 Å². The van der Waals surface area contributed by atoms with E-state index in [4.69, 9.17) is 5.73 Å². The van der Waals surface area contributed by atoms with Crippen LogP contribution in [0.1, 0.15) is 16.8 Å². The standard InChI is InChI=1S/C21H18N6O4/c22-12-7-8-26(10-12)21(29)11-5-6-14-13(9-11)19(27(30)31)17(23-14)18-20(28)25-16-4-2-1-3-15(16)24-18/h1-6,9,12,23H,7-8,10,22H2,(H,25,28). The molecule has 156 valence electrons. The normalized spacial score (nSPS) is 16.3. The number of para-hydroxylation sites is 2. The zero-order valence-corrected chi connectivity index (χ0v) is 16.3. The van der Waals surface area contributed by atoms with E-state index in [1.807, 2.05) is 0 Å². The smallest absolute Gasteiger partial charge is 0.304 e. The zero-order chi connectivity index (χ0) is 21.7. The molecule has 5 rings (SSSR count). The van der Waals surface area contributed by atoms with Crippen LogP contribution in [0, 0.1) is 10.1 Å². The number of rotatable bonds is 3. The summed E-state index contributed by atoms with van der Waals surface area (Å²) in [6, 6.07) is 11.6. The lowest BCUT2D eigenvalue weighted by molar-refractivity contribution is -0.382. The first-order valence-corrected chi connectivity index (χ1v) is 9.77. The van der Waals surface area contributed by atoms with Crippen LogP contribution in [0.25, 0.3) is 33.3 Å². The molecule has 1 fully saturated rings. The fourth-order valence-corrected chi connectivity index (χ4v) is 4.03. The molecule has 1 aliphatic rings. The van der Waals surface area contributed by atoms with Gasteiger partial charge in [-0.25, -0.2) is 4.98 Å². The summed E-state index contributed by atoms with van der Waals surface area (Å²) in [7, 11) is 0. The average Bonchev–Trinajstić information content (AvgIpc) is 3.35. The van der Waals surface area contributed by atoms with Crippen LogP contribution in [0.3, 0.4) is 0 Å². The lowest BCUT2D eigenvalue weighted by atomic mass is 10.1. The summed E-state index contributed by atoms with van der Waals surface area (Å²) in [6.07, 6.45) is 0.721. The van der Waals surface area contributed by atoms with Crippen LogP contribution in [0.4, 0.5) is 5.69 Å². The van der Waals surface area contributed by atoms with E-state index in [0.717, 1.165) is 6.42 Å². The molecule has 2 aromatic carbocycles. The highest BCUT2D eigenvalue weighted by atomic mass is 16.6. The Morgan fingerprint density at radius 1 is 1.19 bits per heavy atom. The second-order valence-corrected chi connectivity index (χ2v) is 7.60. The molecule has 0 aliphatic carbocycles. The van der Waals surface area contributed by atoms with Gasteiger partial charge in [0, 0.05) is 24.7 Å². The minimum atomic E-state index is -0.565. The lowest BCUT2D eigenvalue weighted by Gasteiger charge is -2.15. The number of hydrogen-bond donors (Lipinski definition) is 3. The maximum absolute atomic E-state index is 12.8. The molecule has 3 heterocycles. The van der Waals surface area contributed by atoms with Crippen molar-refractivity contribution < 1.29 is 9.72 Å². The number of H-pyrrole nitrogens is 2. The summed E-state index contributed by atoms with van der Waals surface area (Å²) < 4.78 is 0. The molecule has 31 heavy (non-hydrogen) atoms. The van der Waals surface area contributed by atoms with Crippen LogP contribution in [0.15, 0.2) is 47.3 Å². The summed E-state index contributed by atoms with van der Waals surface area (Å²) >= 11 is 0. The third-order valence-electron chi connectivity index (χ3n) is 5.55. The van der Waals surface area contributed by atoms with Crippen molar-refractivity contribution in [2.75, 3.05) is 13.1 Å². The number of carbonyl (C=O) groups excluding carboxylic acids is 1. The topological polar surface area (TPSA) is 151 Å². The molecule has 1 aliphatic heterocycles. The van der Waals surface area contributed by atoms with Gasteiger partial charge in [0.2, 0.25) is 0 Å². The van der Waals surface area contributed by atoms with E-state index in [1.54, 1.807) is 41.3 Å². The SMILES string of the molecule is NC1CCN(C(=O)c2ccc3[nH]c(-c4nc5ccccc5[nH]c4=O)c([N+](=O)[O-])c3c2)C1. The van der Waals surface area contributed by atoms with Crippen molar-refractivity contribution in [2.24, 2.45) is 5.73 Å². The predicted molar refractivity (Wildman–Crippen MR) is 115 cm³/mol. The Labute approximate surface area is 174 Å². The number of aromatic amines is 2. The molecule has 10 nitrogen and oxygen atoms in total. The number of nitrogens with zero attached hydrogens (tertiary/aromatic N) is 3. The van der Waals surface area contributed by atoms with Crippen LogP contribution in [-0.2, 0) is 0 Å². The van der Waals surface area contributed by atoms with Crippen LogP contribution in [0.2, 0.25) is 0 Å². The number of amides is 1. The van der Waals surface area contributed by atoms with Crippen LogP contribution < -0.4 is 11.3 Å². The molecule has 0 saturated carbocycles. The van der Waals surface area contributed by atoms with Gasteiger partial charge in [0.15, 0.2) is 5.69 Å². The Hall–Kier alpha value is -4.05. The molecular formula is C21H18N6O4. The van der Waals surface area contributed by atoms with Crippen LogP contribution in [0.5, 0.6) is 0 Å². The summed E-state index contributed by atoms with van der Waals surface area (Å²) in [5.41, 5.74) is 6.77. The third kappa shape index (κ3) is 3.13. The van der Waals surface area contributed by atoms with Gasteiger partial charge in [-0.1, -0.05) is 12.1 Å². The molecule has 1 amide bonds. The molecule has 0 bridgehead atoms. The number of hydrogen-bond acceptors (Lipinski definition) is 6. The van der Waals surface area contributed by atoms with E-state index in [0.29, 0.717) is 35.2 Å². The molecule has 10 heteroatoms. The largest absolute Gasteiger partial charge is 0.347 e. The molecular weight excluding hydrogens is 400 g/mol. The number of aromatic nitrogens is 3. The van der Waals surface area contributed by atoms with Gasteiger partial charge >= 0.3 is 5.69 Å². The van der Waals surface area contributed by atoms with E-state index >= 15 is 0 Å². The number of carbonyl (C=O) groups is 1. The maximum Gasteiger partial charge on any atom is 0.304 e. The first kappa shape index (κ1) is 18.9. The van der Waals surface area contributed by atoms with Crippen molar-refractivity contribution in [1.82, 2.24) is 19.9 Å². The summed E-state index contributed by atoms with van der Waals surface area (Å²) in [6.45, 7) is 1.00. The Morgan fingerprint density at radius 2 is 2.00 bits per heavy atom. The minimum Gasteiger partial charge on any atom is -0.347 e. The second-order valence-electron chi connectivity index (χ2n) is 7.60. The average molecular weight is 418 g/mol. The Balaban J connectivity index is 1.67. The second kappa shape index (κ2) is 7.03. The highest BCUT2D eigenvalue weighted by molar-refractivity contribution is 6.03. The number of fused-ring (bicyclic) bond motifs is 2. The van der Waals surface area contributed by atoms with E-state index in [-0.39, 0.29) is 34.4 Å². The number of benzene rings is 2. The molecule has 4 N–H and O–H groups in total. The first-order chi connectivity index (χ1) is 14.9. The van der Waals surface area contributed by atoms with Gasteiger partial charge in [-0.3, -0.25) is 19.7 Å². The highest BCUT2D eigenvalue weighted by Crippen LogP contribution is 2.35. The van der Waals surface area contributed by atoms with Crippen molar-refractivity contribution in [1.29, 1.82) is 0 Å². The number of nitrogens with one attached hydrogen (secondary N) is 2. The fraction of sp³-hybridized carbons (Fsp3) is 0.190. The van der Waals surface area contributed by atoms with Gasteiger partial charge in [-0.05, 0) is 36.8 Å². The van der Waals surface area contributed by atoms with Crippen molar-refractivity contribution in [2.45, 2.75) is 12.5 Å². The van der Waals surface area contributed by atoms with Crippen molar-refractivity contribution in [3.8, 4) is 11.4 Å². The van der Waals surface area contributed by atoms with Crippen molar-refractivity contribution >= 4 is 33.5 Å². The van der Waals surface area contributed by atoms with Crippen LogP contribution in [-0.4, -0.2) is 49.8 Å². The molecule has 2 aromatic heterocycles. The van der Waals surface area contributed by atoms with Crippen molar-refractivity contribution in [3.05, 3.63) is 68.5 Å². The molecule has 1 atom stereocenters. The number of likely N-dealkylation sites (tertiary alicyclic amines) is 1. The summed E-state index contributed by atoms with van der Waals surface area (Å²) in [5, 5.41) is 12.2.